The summed E-state index contributed by atoms with van der Waals surface area (Å²) in [6.45, 7) is 3.85. The van der Waals surface area contributed by atoms with Crippen molar-refractivity contribution in [1.82, 2.24) is 0 Å². The lowest BCUT2D eigenvalue weighted by Gasteiger charge is -2.19. The van der Waals surface area contributed by atoms with Crippen LogP contribution in [0.1, 0.15) is 406 Å². The first-order chi connectivity index (χ1) is 39.3. The van der Waals surface area contributed by atoms with E-state index in [0.29, 0.717) is 12.8 Å². The zero-order valence-electron chi connectivity index (χ0n) is 53.9. The van der Waals surface area contributed by atoms with Gasteiger partial charge in [-0.25, -0.2) is 4.57 Å². The van der Waals surface area contributed by atoms with Gasteiger partial charge >= 0.3 is 19.8 Å². The Morgan fingerprint density at radius 3 is 0.762 bits per heavy atom. The topological polar surface area (TPSA) is 134 Å². The Balaban J connectivity index is 3.76. The molecule has 0 aliphatic heterocycles. The highest BCUT2D eigenvalue weighted by molar-refractivity contribution is 7.47. The van der Waals surface area contributed by atoms with Crippen LogP contribution < -0.4 is 5.73 Å². The van der Waals surface area contributed by atoms with Crippen molar-refractivity contribution in [2.24, 2.45) is 5.73 Å². The first-order valence-electron chi connectivity index (χ1n) is 36.0. The molecule has 0 aromatic heterocycles. The predicted octanol–water partition coefficient (Wildman–Crippen LogP) is 23.4. The fraction of sp³-hybridized carbons (Fsp3) is 0.971. The molecule has 0 aromatic rings. The molecular formula is C70H140NO8P. The average Bonchev–Trinajstić information content (AvgIpc) is 3.45. The number of nitrogens with two attached hydrogens (primary N) is 1. The molecular weight excluding hydrogens is 1010 g/mol. The van der Waals surface area contributed by atoms with Crippen LogP contribution in [0.3, 0.4) is 0 Å². The zero-order valence-corrected chi connectivity index (χ0v) is 54.8. The third-order valence-electron chi connectivity index (χ3n) is 16.7. The van der Waals surface area contributed by atoms with Crippen molar-refractivity contribution in [3.05, 3.63) is 0 Å². The normalized spacial score (nSPS) is 12.8. The maximum atomic E-state index is 12.8. The van der Waals surface area contributed by atoms with Crippen molar-refractivity contribution < 1.29 is 37.6 Å². The molecule has 478 valence electrons. The van der Waals surface area contributed by atoms with Crippen molar-refractivity contribution in [2.45, 2.75) is 412 Å². The van der Waals surface area contributed by atoms with Gasteiger partial charge in [-0.1, -0.05) is 380 Å². The molecule has 0 saturated heterocycles. The Hall–Kier alpha value is -0.990. The van der Waals surface area contributed by atoms with Gasteiger partial charge in [-0.15, -0.1) is 0 Å². The van der Waals surface area contributed by atoms with Crippen LogP contribution in [0.2, 0.25) is 0 Å². The molecule has 0 spiro atoms. The summed E-state index contributed by atoms with van der Waals surface area (Å²) in [6.07, 6.45) is 79.4. The molecule has 0 rings (SSSR count). The van der Waals surface area contributed by atoms with E-state index in [1.165, 1.54) is 340 Å². The van der Waals surface area contributed by atoms with Gasteiger partial charge in [-0.3, -0.25) is 18.6 Å². The van der Waals surface area contributed by atoms with Crippen LogP contribution in [0, 0.1) is 0 Å². The fourth-order valence-corrected chi connectivity index (χ4v) is 12.2. The monoisotopic (exact) mass is 1150 g/mol. The van der Waals surface area contributed by atoms with E-state index < -0.39 is 26.5 Å². The maximum Gasteiger partial charge on any atom is 0.472 e. The summed E-state index contributed by atoms with van der Waals surface area (Å²) >= 11 is 0. The van der Waals surface area contributed by atoms with Crippen LogP contribution >= 0.6 is 7.82 Å². The van der Waals surface area contributed by atoms with Crippen molar-refractivity contribution in [3.8, 4) is 0 Å². The molecule has 3 N–H and O–H groups in total. The van der Waals surface area contributed by atoms with Crippen LogP contribution in [-0.4, -0.2) is 49.3 Å². The number of carbonyl (C=O) groups excluding carboxylic acids is 2. The van der Waals surface area contributed by atoms with Gasteiger partial charge in [0.1, 0.15) is 6.61 Å². The number of hydrogen-bond donors (Lipinski definition) is 2. The summed E-state index contributed by atoms with van der Waals surface area (Å²) in [5.41, 5.74) is 5.40. The van der Waals surface area contributed by atoms with Gasteiger partial charge in [0.05, 0.1) is 13.2 Å². The molecule has 0 fully saturated rings. The highest BCUT2D eigenvalue weighted by Gasteiger charge is 2.26. The highest BCUT2D eigenvalue weighted by Crippen LogP contribution is 2.43. The number of ether oxygens (including phenoxy) is 2. The minimum absolute atomic E-state index is 0.0588. The fourth-order valence-electron chi connectivity index (χ4n) is 11.4. The minimum atomic E-state index is -4.39. The lowest BCUT2D eigenvalue weighted by Crippen LogP contribution is -2.29. The molecule has 0 saturated carbocycles. The van der Waals surface area contributed by atoms with Gasteiger partial charge in [-0.05, 0) is 12.8 Å². The second kappa shape index (κ2) is 67.1. The van der Waals surface area contributed by atoms with E-state index >= 15 is 0 Å². The summed E-state index contributed by atoms with van der Waals surface area (Å²) in [6, 6.07) is 0. The van der Waals surface area contributed by atoms with Gasteiger partial charge in [-0.2, -0.15) is 0 Å². The van der Waals surface area contributed by atoms with E-state index in [1.54, 1.807) is 0 Å². The number of phosphoric ester groups is 1. The maximum absolute atomic E-state index is 12.8. The van der Waals surface area contributed by atoms with Crippen molar-refractivity contribution in [1.29, 1.82) is 0 Å². The van der Waals surface area contributed by atoms with E-state index in [2.05, 4.69) is 13.8 Å². The van der Waals surface area contributed by atoms with Crippen LogP contribution in [0.5, 0.6) is 0 Å². The number of esters is 2. The molecule has 0 amide bonds. The molecule has 0 heterocycles. The molecule has 10 heteroatoms. The Bertz CT molecular complexity index is 1270. The van der Waals surface area contributed by atoms with E-state index in [4.69, 9.17) is 24.3 Å². The number of rotatable bonds is 70. The van der Waals surface area contributed by atoms with Gasteiger partial charge in [0, 0.05) is 19.4 Å². The van der Waals surface area contributed by atoms with Gasteiger partial charge in [0.15, 0.2) is 6.10 Å². The first kappa shape index (κ1) is 79.0. The van der Waals surface area contributed by atoms with Crippen LogP contribution in [0.15, 0.2) is 0 Å². The Kier molecular flexibility index (Phi) is 66.3. The smallest absolute Gasteiger partial charge is 0.462 e. The number of phosphoric acid groups is 1. The summed E-state index contributed by atoms with van der Waals surface area (Å²) in [5.74, 6) is -0.797. The largest absolute Gasteiger partial charge is 0.472 e. The average molecular weight is 1150 g/mol. The molecule has 0 aliphatic carbocycles. The third-order valence-corrected chi connectivity index (χ3v) is 17.7. The summed E-state index contributed by atoms with van der Waals surface area (Å²) in [4.78, 5) is 35.3. The van der Waals surface area contributed by atoms with E-state index in [9.17, 15) is 19.0 Å². The van der Waals surface area contributed by atoms with E-state index in [-0.39, 0.29) is 32.1 Å². The van der Waals surface area contributed by atoms with Crippen molar-refractivity contribution in [3.63, 3.8) is 0 Å². The number of unbranched alkanes of at least 4 members (excludes halogenated alkanes) is 57. The zero-order chi connectivity index (χ0) is 58.0. The number of carbonyl (C=O) groups is 2. The molecule has 0 aliphatic rings. The second-order valence-corrected chi connectivity index (χ2v) is 26.3. The lowest BCUT2D eigenvalue weighted by atomic mass is 10.0. The Morgan fingerprint density at radius 1 is 0.325 bits per heavy atom. The molecule has 80 heavy (non-hydrogen) atoms. The van der Waals surface area contributed by atoms with Crippen LogP contribution in [-0.2, 0) is 32.7 Å². The first-order valence-corrected chi connectivity index (χ1v) is 37.5. The van der Waals surface area contributed by atoms with Crippen LogP contribution in [0.25, 0.3) is 0 Å². The van der Waals surface area contributed by atoms with Gasteiger partial charge < -0.3 is 20.1 Å². The molecule has 2 unspecified atom stereocenters. The van der Waals surface area contributed by atoms with E-state index in [0.717, 1.165) is 32.1 Å². The summed E-state index contributed by atoms with van der Waals surface area (Å²) in [7, 11) is -4.39. The SMILES string of the molecule is CCCCCCCCCCCCCCCCCCCCCCCCCCCCCCCCCCCCCC(=O)OC(COC(=O)CCCCCCCCCCCCCCCCCCCCCCCCCC)COP(=O)(O)OCCN. The standard InChI is InChI=1S/C70H140NO8P/c1-3-5-7-9-11-13-15-17-19-21-23-25-27-29-30-31-32-33-34-35-36-37-38-39-41-43-45-47-49-51-53-55-57-59-61-63-70(73)79-68(67-78-80(74,75)77-65-64-71)66-76-69(72)62-60-58-56-54-52-50-48-46-44-42-40-28-26-24-22-20-18-16-14-12-10-8-6-4-2/h68H,3-67,71H2,1-2H3,(H,74,75). The Labute approximate surface area is 498 Å². The Morgan fingerprint density at radius 2 is 0.537 bits per heavy atom. The second-order valence-electron chi connectivity index (χ2n) is 24.8. The summed E-state index contributed by atoms with van der Waals surface area (Å²) < 4.78 is 33.2. The minimum Gasteiger partial charge on any atom is -0.462 e. The lowest BCUT2D eigenvalue weighted by molar-refractivity contribution is -0.161. The predicted molar refractivity (Wildman–Crippen MR) is 345 cm³/mol. The molecule has 0 aromatic carbocycles. The molecule has 9 nitrogen and oxygen atoms in total. The van der Waals surface area contributed by atoms with Crippen molar-refractivity contribution >= 4 is 19.8 Å². The molecule has 2 atom stereocenters. The third kappa shape index (κ3) is 66.2. The van der Waals surface area contributed by atoms with Gasteiger partial charge in [0.2, 0.25) is 0 Å². The highest BCUT2D eigenvalue weighted by atomic mass is 31.2. The molecule has 0 radical (unpaired) electrons. The quantitative estimate of drug-likeness (QED) is 0.0347. The summed E-state index contributed by atoms with van der Waals surface area (Å²) in [5, 5.41) is 0. The number of hydrogen-bond acceptors (Lipinski definition) is 8. The van der Waals surface area contributed by atoms with Gasteiger partial charge in [0.25, 0.3) is 0 Å². The van der Waals surface area contributed by atoms with Crippen LogP contribution in [0.4, 0.5) is 0 Å². The van der Waals surface area contributed by atoms with Crippen molar-refractivity contribution in [2.75, 3.05) is 26.4 Å². The molecule has 0 bridgehead atoms. The van der Waals surface area contributed by atoms with E-state index in [1.807, 2.05) is 0 Å².